The van der Waals surface area contributed by atoms with Crippen LogP contribution in [-0.2, 0) is 19.7 Å². The highest BCUT2D eigenvalue weighted by Gasteiger charge is 2.38. The Balaban J connectivity index is 1.92. The topological polar surface area (TPSA) is 97.4 Å². The number of hydrogen-bond acceptors (Lipinski definition) is 5. The minimum atomic E-state index is -4.12. The Kier molecular flexibility index (Phi) is 5.24. The predicted molar refractivity (Wildman–Crippen MR) is 95.0 cm³/mol. The summed E-state index contributed by atoms with van der Waals surface area (Å²) < 4.78 is 89.1. The highest BCUT2D eigenvalue weighted by Crippen LogP contribution is 2.27. The summed E-state index contributed by atoms with van der Waals surface area (Å²) in [6.45, 7) is 0. The second-order valence-electron chi connectivity index (χ2n) is 6.29. The van der Waals surface area contributed by atoms with Crippen molar-refractivity contribution in [3.8, 4) is 0 Å². The minimum Gasteiger partial charge on any atom is -0.319 e. The van der Waals surface area contributed by atoms with E-state index in [2.05, 4.69) is 0 Å². The maximum atomic E-state index is 14.1. The molecule has 3 rings (SSSR count). The van der Waals surface area contributed by atoms with E-state index in [1.54, 1.807) is 0 Å². The Morgan fingerprint density at radius 1 is 1.04 bits per heavy atom. The molecule has 1 aliphatic rings. The molecule has 1 fully saturated rings. The molecule has 2 aromatic rings. The number of carbonyl (C=O) groups excluding carboxylic acids is 1. The first-order valence-corrected chi connectivity index (χ1v) is 11.4. The van der Waals surface area contributed by atoms with Crippen LogP contribution in [0.5, 0.6) is 0 Å². The van der Waals surface area contributed by atoms with Crippen LogP contribution in [-0.4, -0.2) is 39.5 Å². The van der Waals surface area contributed by atoms with Gasteiger partial charge in [0.05, 0.1) is 32.9 Å². The number of halogens is 3. The molecular formula is C17H14F3NO5S2. The molecule has 0 aromatic heterocycles. The normalized spacial score (nSPS) is 18.8. The first-order valence-electron chi connectivity index (χ1n) is 8.00. The summed E-state index contributed by atoms with van der Waals surface area (Å²) in [5, 5.41) is 0.858. The SMILES string of the molecule is O=C(Nc1ccc(F)cc1F)c1cc(S(=O)(=O)[C@H]2CCS(=O)(=O)C2)ccc1F. The lowest BCUT2D eigenvalue weighted by molar-refractivity contribution is 0.102. The number of sulfone groups is 2. The van der Waals surface area contributed by atoms with Crippen LogP contribution in [0, 0.1) is 17.5 Å². The van der Waals surface area contributed by atoms with Gasteiger partial charge in [-0.05, 0) is 36.8 Å². The quantitative estimate of drug-likeness (QED) is 0.747. The molecule has 0 spiro atoms. The molecule has 0 aliphatic carbocycles. The van der Waals surface area contributed by atoms with Crippen molar-refractivity contribution >= 4 is 31.3 Å². The fraction of sp³-hybridized carbons (Fsp3) is 0.235. The lowest BCUT2D eigenvalue weighted by Crippen LogP contribution is -2.23. The lowest BCUT2D eigenvalue weighted by Gasteiger charge is -2.12. The van der Waals surface area contributed by atoms with Crippen molar-refractivity contribution < 1.29 is 34.8 Å². The summed E-state index contributed by atoms with van der Waals surface area (Å²) in [4.78, 5) is 11.9. The average molecular weight is 433 g/mol. The van der Waals surface area contributed by atoms with Gasteiger partial charge in [-0.15, -0.1) is 0 Å². The Morgan fingerprint density at radius 3 is 2.36 bits per heavy atom. The molecule has 0 radical (unpaired) electrons. The van der Waals surface area contributed by atoms with Gasteiger partial charge < -0.3 is 5.32 Å². The summed E-state index contributed by atoms with van der Waals surface area (Å²) in [6, 6.07) is 4.80. The molecule has 150 valence electrons. The molecule has 28 heavy (non-hydrogen) atoms. The molecule has 0 bridgehead atoms. The average Bonchev–Trinajstić information content (AvgIpc) is 2.98. The number of hydrogen-bond donors (Lipinski definition) is 1. The van der Waals surface area contributed by atoms with Gasteiger partial charge in [0.1, 0.15) is 17.5 Å². The lowest BCUT2D eigenvalue weighted by atomic mass is 10.2. The largest absolute Gasteiger partial charge is 0.319 e. The molecule has 11 heteroatoms. The second-order valence-corrected chi connectivity index (χ2v) is 10.7. The maximum Gasteiger partial charge on any atom is 0.258 e. The fourth-order valence-corrected chi connectivity index (χ4v) is 7.22. The fourth-order valence-electron chi connectivity index (χ4n) is 2.83. The summed E-state index contributed by atoms with van der Waals surface area (Å²) in [5.74, 6) is -4.98. The molecule has 6 nitrogen and oxygen atoms in total. The van der Waals surface area contributed by atoms with Crippen molar-refractivity contribution in [2.45, 2.75) is 16.6 Å². The number of rotatable bonds is 4. The van der Waals surface area contributed by atoms with E-state index in [1.807, 2.05) is 5.32 Å². The highest BCUT2D eigenvalue weighted by molar-refractivity contribution is 7.96. The van der Waals surface area contributed by atoms with E-state index in [1.165, 1.54) is 0 Å². The first kappa shape index (κ1) is 20.3. The molecule has 1 heterocycles. The highest BCUT2D eigenvalue weighted by atomic mass is 32.2. The Bertz CT molecular complexity index is 1160. The van der Waals surface area contributed by atoms with Crippen molar-refractivity contribution in [2.75, 3.05) is 16.8 Å². The van der Waals surface area contributed by atoms with Gasteiger partial charge in [0.15, 0.2) is 19.7 Å². The van der Waals surface area contributed by atoms with E-state index in [4.69, 9.17) is 0 Å². The van der Waals surface area contributed by atoms with Gasteiger partial charge in [-0.3, -0.25) is 4.79 Å². The van der Waals surface area contributed by atoms with Crippen molar-refractivity contribution in [2.24, 2.45) is 0 Å². The Hall–Kier alpha value is -2.40. The van der Waals surface area contributed by atoms with Crippen molar-refractivity contribution in [1.29, 1.82) is 0 Å². The van der Waals surface area contributed by atoms with E-state index >= 15 is 0 Å². The standard InChI is InChI=1S/C17H14F3NO5S2/c18-10-1-4-16(15(20)7-10)21-17(22)13-8-11(2-3-14(13)19)28(25,26)12-5-6-27(23,24)9-12/h1-4,7-8,12H,5-6,9H2,(H,21,22)/t12-/m0/s1. The Labute approximate surface area is 159 Å². The third-order valence-corrected chi connectivity index (χ3v) is 8.49. The van der Waals surface area contributed by atoms with Gasteiger partial charge in [0.2, 0.25) is 0 Å². The number of carbonyl (C=O) groups is 1. The minimum absolute atomic E-state index is 0.0929. The van der Waals surface area contributed by atoms with Crippen LogP contribution in [0.25, 0.3) is 0 Å². The van der Waals surface area contributed by atoms with Gasteiger partial charge in [0.25, 0.3) is 5.91 Å². The van der Waals surface area contributed by atoms with Crippen LogP contribution in [0.3, 0.4) is 0 Å². The van der Waals surface area contributed by atoms with Gasteiger partial charge in [-0.25, -0.2) is 30.0 Å². The van der Waals surface area contributed by atoms with Gasteiger partial charge in [-0.2, -0.15) is 0 Å². The number of benzene rings is 2. The molecular weight excluding hydrogens is 419 g/mol. The summed E-state index contributed by atoms with van der Waals surface area (Å²) in [7, 11) is -7.59. The summed E-state index contributed by atoms with van der Waals surface area (Å²) >= 11 is 0. The zero-order valence-corrected chi connectivity index (χ0v) is 15.8. The monoisotopic (exact) mass is 433 g/mol. The number of nitrogens with one attached hydrogen (secondary N) is 1. The zero-order valence-electron chi connectivity index (χ0n) is 14.2. The predicted octanol–water partition coefficient (Wildman–Crippen LogP) is 2.32. The van der Waals surface area contributed by atoms with Gasteiger partial charge >= 0.3 is 0 Å². The van der Waals surface area contributed by atoms with E-state index in [0.29, 0.717) is 6.07 Å². The maximum absolute atomic E-state index is 14.1. The van der Waals surface area contributed by atoms with Crippen LogP contribution in [0.4, 0.5) is 18.9 Å². The van der Waals surface area contributed by atoms with E-state index in [0.717, 1.165) is 30.3 Å². The molecule has 1 aliphatic heterocycles. The van der Waals surface area contributed by atoms with Crippen molar-refractivity contribution in [3.05, 3.63) is 59.4 Å². The smallest absolute Gasteiger partial charge is 0.258 e. The van der Waals surface area contributed by atoms with Crippen molar-refractivity contribution in [1.82, 2.24) is 0 Å². The third-order valence-electron chi connectivity index (χ3n) is 4.32. The molecule has 0 unspecified atom stereocenters. The van der Waals surface area contributed by atoms with Crippen LogP contribution >= 0.6 is 0 Å². The van der Waals surface area contributed by atoms with Crippen LogP contribution < -0.4 is 5.32 Å². The van der Waals surface area contributed by atoms with E-state index < -0.39 is 70.2 Å². The summed E-state index contributed by atoms with van der Waals surface area (Å²) in [6.07, 6.45) is -0.0929. The van der Waals surface area contributed by atoms with Gasteiger partial charge in [-0.1, -0.05) is 0 Å². The molecule has 1 atom stereocenters. The molecule has 2 aromatic carbocycles. The molecule has 0 saturated carbocycles. The molecule has 1 amide bonds. The summed E-state index contributed by atoms with van der Waals surface area (Å²) in [5.41, 5.74) is -1.09. The number of amides is 1. The van der Waals surface area contributed by atoms with Crippen LogP contribution in [0.1, 0.15) is 16.8 Å². The van der Waals surface area contributed by atoms with E-state index in [-0.39, 0.29) is 12.2 Å². The van der Waals surface area contributed by atoms with Crippen LogP contribution in [0.2, 0.25) is 0 Å². The molecule has 1 saturated heterocycles. The van der Waals surface area contributed by atoms with Crippen LogP contribution in [0.15, 0.2) is 41.3 Å². The number of anilines is 1. The zero-order chi connectivity index (χ0) is 20.7. The van der Waals surface area contributed by atoms with E-state index in [9.17, 15) is 34.8 Å². The second kappa shape index (κ2) is 7.21. The van der Waals surface area contributed by atoms with Gasteiger partial charge in [0, 0.05) is 6.07 Å². The first-order chi connectivity index (χ1) is 13.0. The Morgan fingerprint density at radius 2 is 1.75 bits per heavy atom. The third kappa shape index (κ3) is 4.04. The van der Waals surface area contributed by atoms with Crippen molar-refractivity contribution in [3.63, 3.8) is 0 Å². The molecule has 1 N–H and O–H groups in total.